The summed E-state index contributed by atoms with van der Waals surface area (Å²) in [6.07, 6.45) is 1.83. The Hall–Kier alpha value is -2.92. The summed E-state index contributed by atoms with van der Waals surface area (Å²) in [7, 11) is 0. The lowest BCUT2D eigenvalue weighted by Gasteiger charge is -2.38. The van der Waals surface area contributed by atoms with Crippen LogP contribution < -0.4 is 5.32 Å². The Bertz CT molecular complexity index is 987. The van der Waals surface area contributed by atoms with Crippen LogP contribution in [0.2, 0.25) is 0 Å². The predicted octanol–water partition coefficient (Wildman–Crippen LogP) is 4.03. The second-order valence-corrected chi connectivity index (χ2v) is 8.22. The highest BCUT2D eigenvalue weighted by molar-refractivity contribution is 5.94. The smallest absolute Gasteiger partial charge is 0.251 e. The number of benzene rings is 2. The van der Waals surface area contributed by atoms with Gasteiger partial charge in [-0.05, 0) is 56.0 Å². The van der Waals surface area contributed by atoms with Crippen molar-refractivity contribution in [2.75, 3.05) is 19.8 Å². The average molecular weight is 404 g/mol. The van der Waals surface area contributed by atoms with Crippen molar-refractivity contribution in [1.29, 1.82) is 0 Å². The normalized spacial score (nSPS) is 15.7. The van der Waals surface area contributed by atoms with E-state index >= 15 is 0 Å². The van der Waals surface area contributed by atoms with Gasteiger partial charge < -0.3 is 10.1 Å². The van der Waals surface area contributed by atoms with E-state index in [-0.39, 0.29) is 11.3 Å². The van der Waals surface area contributed by atoms with Crippen molar-refractivity contribution in [2.45, 2.75) is 38.6 Å². The summed E-state index contributed by atoms with van der Waals surface area (Å²) in [6, 6.07) is 20.4. The van der Waals surface area contributed by atoms with Crippen LogP contribution in [0.4, 0.5) is 0 Å². The second-order valence-electron chi connectivity index (χ2n) is 8.22. The molecule has 1 aromatic heterocycles. The SMILES string of the molecule is Cc1cc(C)n(Cc2ccc(C(=O)NCC3(c4ccccc4)CCOCC3)cc2)n1. The zero-order chi connectivity index (χ0) is 21.0. The van der Waals surface area contributed by atoms with Gasteiger partial charge in [-0.15, -0.1) is 0 Å². The number of ether oxygens (including phenoxy) is 1. The molecule has 0 bridgehead atoms. The van der Waals surface area contributed by atoms with E-state index in [4.69, 9.17) is 4.74 Å². The highest BCUT2D eigenvalue weighted by Gasteiger charge is 2.34. The summed E-state index contributed by atoms with van der Waals surface area (Å²) in [5.74, 6) is -0.0329. The zero-order valence-corrected chi connectivity index (χ0v) is 17.7. The summed E-state index contributed by atoms with van der Waals surface area (Å²) in [5.41, 5.74) is 5.17. The number of hydrogen-bond acceptors (Lipinski definition) is 3. The molecule has 156 valence electrons. The van der Waals surface area contributed by atoms with Gasteiger partial charge in [-0.2, -0.15) is 5.10 Å². The number of aryl methyl sites for hydroxylation is 2. The molecule has 2 aromatic carbocycles. The predicted molar refractivity (Wildman–Crippen MR) is 118 cm³/mol. The third-order valence-electron chi connectivity index (χ3n) is 6.08. The topological polar surface area (TPSA) is 56.2 Å². The molecule has 30 heavy (non-hydrogen) atoms. The highest BCUT2D eigenvalue weighted by atomic mass is 16.5. The minimum atomic E-state index is -0.0649. The summed E-state index contributed by atoms with van der Waals surface area (Å²) in [5, 5.41) is 7.69. The number of carbonyl (C=O) groups is 1. The maximum atomic E-state index is 12.8. The van der Waals surface area contributed by atoms with Gasteiger partial charge in [0.2, 0.25) is 0 Å². The summed E-state index contributed by atoms with van der Waals surface area (Å²) >= 11 is 0. The quantitative estimate of drug-likeness (QED) is 0.676. The van der Waals surface area contributed by atoms with Crippen molar-refractivity contribution in [3.63, 3.8) is 0 Å². The van der Waals surface area contributed by atoms with E-state index < -0.39 is 0 Å². The summed E-state index contributed by atoms with van der Waals surface area (Å²) < 4.78 is 7.58. The molecule has 3 aromatic rings. The Morgan fingerprint density at radius 1 is 1.07 bits per heavy atom. The molecule has 1 N–H and O–H groups in total. The van der Waals surface area contributed by atoms with Gasteiger partial charge in [-0.25, -0.2) is 0 Å². The molecule has 2 heterocycles. The lowest BCUT2D eigenvalue weighted by atomic mass is 9.74. The van der Waals surface area contributed by atoms with Crippen LogP contribution in [0.25, 0.3) is 0 Å². The fourth-order valence-electron chi connectivity index (χ4n) is 4.24. The van der Waals surface area contributed by atoms with Gasteiger partial charge in [0.25, 0.3) is 5.91 Å². The Kier molecular flexibility index (Phi) is 6.00. The van der Waals surface area contributed by atoms with Crippen molar-refractivity contribution in [1.82, 2.24) is 15.1 Å². The van der Waals surface area contributed by atoms with E-state index in [0.717, 1.165) is 43.0 Å². The van der Waals surface area contributed by atoms with E-state index in [1.807, 2.05) is 41.9 Å². The van der Waals surface area contributed by atoms with E-state index in [9.17, 15) is 4.79 Å². The first kappa shape index (κ1) is 20.4. The molecule has 0 spiro atoms. The molecular weight excluding hydrogens is 374 g/mol. The molecule has 0 aliphatic carbocycles. The lowest BCUT2D eigenvalue weighted by Crippen LogP contribution is -2.44. The van der Waals surface area contributed by atoms with Crippen LogP contribution in [-0.2, 0) is 16.7 Å². The third-order valence-corrected chi connectivity index (χ3v) is 6.08. The van der Waals surface area contributed by atoms with Crippen molar-refractivity contribution >= 4 is 5.91 Å². The van der Waals surface area contributed by atoms with Crippen molar-refractivity contribution < 1.29 is 9.53 Å². The third kappa shape index (κ3) is 4.46. The minimum Gasteiger partial charge on any atom is -0.381 e. The van der Waals surface area contributed by atoms with E-state index in [0.29, 0.717) is 18.7 Å². The van der Waals surface area contributed by atoms with E-state index in [1.54, 1.807) is 0 Å². The zero-order valence-electron chi connectivity index (χ0n) is 17.7. The van der Waals surface area contributed by atoms with Crippen LogP contribution in [0.5, 0.6) is 0 Å². The second kappa shape index (κ2) is 8.84. The summed E-state index contributed by atoms with van der Waals surface area (Å²) in [6.45, 7) is 6.83. The van der Waals surface area contributed by atoms with Gasteiger partial charge in [0, 0.05) is 36.4 Å². The van der Waals surface area contributed by atoms with Crippen LogP contribution in [-0.4, -0.2) is 35.4 Å². The fourth-order valence-corrected chi connectivity index (χ4v) is 4.24. The Morgan fingerprint density at radius 3 is 2.40 bits per heavy atom. The van der Waals surface area contributed by atoms with Crippen molar-refractivity contribution in [2.24, 2.45) is 0 Å². The van der Waals surface area contributed by atoms with Gasteiger partial charge >= 0.3 is 0 Å². The highest BCUT2D eigenvalue weighted by Crippen LogP contribution is 2.34. The molecule has 5 heteroatoms. The van der Waals surface area contributed by atoms with Gasteiger partial charge in [-0.1, -0.05) is 42.5 Å². The maximum Gasteiger partial charge on any atom is 0.251 e. The molecule has 5 nitrogen and oxygen atoms in total. The molecule has 1 aliphatic rings. The van der Waals surface area contributed by atoms with Crippen molar-refractivity contribution in [3.05, 3.63) is 88.7 Å². The number of rotatable bonds is 6. The van der Waals surface area contributed by atoms with Gasteiger partial charge in [0.1, 0.15) is 0 Å². The average Bonchev–Trinajstić information content (AvgIpc) is 3.10. The first-order valence-corrected chi connectivity index (χ1v) is 10.6. The molecule has 1 saturated heterocycles. The standard InChI is InChI=1S/C25H29N3O2/c1-19-16-20(2)28(27-19)17-21-8-10-22(11-9-21)24(29)26-18-25(12-14-30-15-13-25)23-6-4-3-5-7-23/h3-11,16H,12-15,17-18H2,1-2H3,(H,26,29). The number of carbonyl (C=O) groups excluding carboxylic acids is 1. The van der Waals surface area contributed by atoms with Gasteiger partial charge in [0.15, 0.2) is 0 Å². The van der Waals surface area contributed by atoms with Crippen LogP contribution in [0, 0.1) is 13.8 Å². The number of amides is 1. The Balaban J connectivity index is 1.42. The number of aromatic nitrogens is 2. The summed E-state index contributed by atoms with van der Waals surface area (Å²) in [4.78, 5) is 12.8. The molecule has 0 radical (unpaired) electrons. The van der Waals surface area contributed by atoms with Crippen molar-refractivity contribution in [3.8, 4) is 0 Å². The lowest BCUT2D eigenvalue weighted by molar-refractivity contribution is 0.0487. The Morgan fingerprint density at radius 2 is 1.77 bits per heavy atom. The fraction of sp³-hybridized carbons (Fsp3) is 0.360. The van der Waals surface area contributed by atoms with Crippen LogP contribution in [0.1, 0.15) is 45.7 Å². The first-order chi connectivity index (χ1) is 14.6. The molecule has 4 rings (SSSR count). The molecule has 1 amide bonds. The molecule has 1 fully saturated rings. The van der Waals surface area contributed by atoms with Crippen LogP contribution in [0.3, 0.4) is 0 Å². The molecule has 0 unspecified atom stereocenters. The number of hydrogen-bond donors (Lipinski definition) is 1. The van der Waals surface area contributed by atoms with E-state index in [1.165, 1.54) is 5.56 Å². The molecule has 1 aliphatic heterocycles. The maximum absolute atomic E-state index is 12.8. The number of nitrogens with one attached hydrogen (secondary N) is 1. The molecule has 0 saturated carbocycles. The largest absolute Gasteiger partial charge is 0.381 e. The number of nitrogens with zero attached hydrogens (tertiary/aromatic N) is 2. The van der Waals surface area contributed by atoms with Gasteiger partial charge in [-0.3, -0.25) is 9.48 Å². The molecular formula is C25H29N3O2. The van der Waals surface area contributed by atoms with Crippen LogP contribution in [0.15, 0.2) is 60.7 Å². The monoisotopic (exact) mass is 403 g/mol. The van der Waals surface area contributed by atoms with Crippen LogP contribution >= 0.6 is 0 Å². The van der Waals surface area contributed by atoms with E-state index in [2.05, 4.69) is 47.7 Å². The Labute approximate surface area is 178 Å². The van der Waals surface area contributed by atoms with Gasteiger partial charge in [0.05, 0.1) is 12.2 Å². The molecule has 0 atom stereocenters. The minimum absolute atomic E-state index is 0.0329. The first-order valence-electron chi connectivity index (χ1n) is 10.6.